The molecule has 1 amide bonds. The summed E-state index contributed by atoms with van der Waals surface area (Å²) in [5.41, 5.74) is 1.47. The van der Waals surface area contributed by atoms with E-state index in [1.807, 2.05) is 17.0 Å². The van der Waals surface area contributed by atoms with Crippen LogP contribution in [-0.4, -0.2) is 39.1 Å². The van der Waals surface area contributed by atoms with Gasteiger partial charge in [0.2, 0.25) is 0 Å². The first-order valence-corrected chi connectivity index (χ1v) is 7.09. The summed E-state index contributed by atoms with van der Waals surface area (Å²) < 4.78 is 0. The number of rotatable bonds is 4. The number of likely N-dealkylation sites (tertiary alicyclic amines) is 1. The Kier molecular flexibility index (Phi) is 4.04. The highest BCUT2D eigenvalue weighted by Crippen LogP contribution is 2.12. The molecule has 2 aromatic heterocycles. The monoisotopic (exact) mass is 283 g/mol. The highest BCUT2D eigenvalue weighted by Gasteiger charge is 2.20. The van der Waals surface area contributed by atoms with Gasteiger partial charge in [0, 0.05) is 32.0 Å². The standard InChI is InChI=1S/C15H17N5O/c21-15(20-8-1-2-9-20)13-5-6-14(19-18-13)17-11-12-4-3-7-16-10-12/h3-7,10H,1-2,8-9,11H2,(H,17,19). The van der Waals surface area contributed by atoms with Crippen LogP contribution in [0.4, 0.5) is 5.82 Å². The fraction of sp³-hybridized carbons (Fsp3) is 0.333. The van der Waals surface area contributed by atoms with Gasteiger partial charge in [0.1, 0.15) is 5.82 Å². The van der Waals surface area contributed by atoms with E-state index in [1.165, 1.54) is 0 Å². The number of hydrogen-bond acceptors (Lipinski definition) is 5. The van der Waals surface area contributed by atoms with Crippen LogP contribution in [0.5, 0.6) is 0 Å². The van der Waals surface area contributed by atoms with Crippen molar-refractivity contribution < 1.29 is 4.79 Å². The van der Waals surface area contributed by atoms with Gasteiger partial charge in [-0.1, -0.05) is 6.07 Å². The molecule has 0 bridgehead atoms. The molecule has 3 heterocycles. The summed E-state index contributed by atoms with van der Waals surface area (Å²) in [5.74, 6) is 0.621. The van der Waals surface area contributed by atoms with Crippen LogP contribution in [0.15, 0.2) is 36.7 Å². The Labute approximate surface area is 123 Å². The molecule has 1 fully saturated rings. The van der Waals surface area contributed by atoms with Crippen molar-refractivity contribution in [2.24, 2.45) is 0 Å². The van der Waals surface area contributed by atoms with Crippen molar-refractivity contribution in [1.29, 1.82) is 0 Å². The summed E-state index contributed by atoms with van der Waals surface area (Å²) in [5, 5.41) is 11.2. The van der Waals surface area contributed by atoms with E-state index in [0.29, 0.717) is 18.1 Å². The number of nitrogens with zero attached hydrogens (tertiary/aromatic N) is 4. The molecule has 3 rings (SSSR count). The Hall–Kier alpha value is -2.50. The maximum Gasteiger partial charge on any atom is 0.274 e. The SMILES string of the molecule is O=C(c1ccc(NCc2cccnc2)nn1)N1CCCC1. The number of anilines is 1. The van der Waals surface area contributed by atoms with E-state index in [4.69, 9.17) is 0 Å². The lowest BCUT2D eigenvalue weighted by Gasteiger charge is -2.14. The minimum atomic E-state index is -0.0289. The summed E-state index contributed by atoms with van der Waals surface area (Å²) in [6, 6.07) is 7.38. The molecule has 21 heavy (non-hydrogen) atoms. The van der Waals surface area contributed by atoms with Crippen molar-refractivity contribution in [3.8, 4) is 0 Å². The van der Waals surface area contributed by atoms with E-state index >= 15 is 0 Å². The molecule has 0 aliphatic carbocycles. The third-order valence-electron chi connectivity index (χ3n) is 3.47. The van der Waals surface area contributed by atoms with E-state index in [-0.39, 0.29) is 5.91 Å². The summed E-state index contributed by atoms with van der Waals surface area (Å²) in [6.45, 7) is 2.27. The minimum Gasteiger partial charge on any atom is -0.364 e. The second-order valence-corrected chi connectivity index (χ2v) is 5.02. The van der Waals surface area contributed by atoms with Crippen LogP contribution in [-0.2, 0) is 6.54 Å². The Morgan fingerprint density at radius 3 is 2.71 bits per heavy atom. The van der Waals surface area contributed by atoms with Gasteiger partial charge in [-0.25, -0.2) is 0 Å². The van der Waals surface area contributed by atoms with E-state index in [0.717, 1.165) is 31.5 Å². The predicted molar refractivity (Wildman–Crippen MR) is 78.7 cm³/mol. The largest absolute Gasteiger partial charge is 0.364 e. The number of carbonyl (C=O) groups is 1. The molecule has 6 heteroatoms. The molecule has 0 spiro atoms. The maximum atomic E-state index is 12.1. The maximum absolute atomic E-state index is 12.1. The average Bonchev–Trinajstić information content (AvgIpc) is 3.08. The zero-order chi connectivity index (χ0) is 14.5. The van der Waals surface area contributed by atoms with Gasteiger partial charge in [-0.2, -0.15) is 0 Å². The number of pyridine rings is 1. The Morgan fingerprint density at radius 2 is 2.05 bits per heavy atom. The molecule has 0 saturated carbocycles. The molecule has 108 valence electrons. The first kappa shape index (κ1) is 13.5. The highest BCUT2D eigenvalue weighted by atomic mass is 16.2. The zero-order valence-corrected chi connectivity index (χ0v) is 11.7. The van der Waals surface area contributed by atoms with Gasteiger partial charge < -0.3 is 10.2 Å². The first-order chi connectivity index (χ1) is 10.3. The molecular formula is C15H17N5O. The van der Waals surface area contributed by atoms with Crippen molar-refractivity contribution >= 4 is 11.7 Å². The second kappa shape index (κ2) is 6.30. The van der Waals surface area contributed by atoms with Crippen LogP contribution in [0.1, 0.15) is 28.9 Å². The van der Waals surface area contributed by atoms with Crippen molar-refractivity contribution in [2.45, 2.75) is 19.4 Å². The Bertz CT molecular complexity index is 593. The van der Waals surface area contributed by atoms with Gasteiger partial charge in [-0.15, -0.1) is 10.2 Å². The quantitative estimate of drug-likeness (QED) is 0.925. The lowest BCUT2D eigenvalue weighted by Crippen LogP contribution is -2.28. The molecule has 0 unspecified atom stereocenters. The fourth-order valence-corrected chi connectivity index (χ4v) is 2.32. The summed E-state index contributed by atoms with van der Waals surface area (Å²) >= 11 is 0. The zero-order valence-electron chi connectivity index (χ0n) is 11.7. The van der Waals surface area contributed by atoms with E-state index in [9.17, 15) is 4.79 Å². The Morgan fingerprint density at radius 1 is 1.19 bits per heavy atom. The molecule has 1 saturated heterocycles. The van der Waals surface area contributed by atoms with Gasteiger partial charge in [0.15, 0.2) is 5.69 Å². The van der Waals surface area contributed by atoms with Crippen molar-refractivity contribution in [2.75, 3.05) is 18.4 Å². The summed E-state index contributed by atoms with van der Waals surface area (Å²) in [6.07, 6.45) is 5.68. The molecule has 1 aliphatic heterocycles. The Balaban J connectivity index is 1.60. The molecule has 0 radical (unpaired) electrons. The summed E-state index contributed by atoms with van der Waals surface area (Å²) in [4.78, 5) is 18.0. The van der Waals surface area contributed by atoms with Gasteiger partial charge in [-0.3, -0.25) is 9.78 Å². The fourth-order valence-electron chi connectivity index (χ4n) is 2.32. The topological polar surface area (TPSA) is 71.0 Å². The van der Waals surface area contributed by atoms with Crippen molar-refractivity contribution in [3.63, 3.8) is 0 Å². The van der Waals surface area contributed by atoms with Crippen LogP contribution in [0.25, 0.3) is 0 Å². The number of nitrogens with one attached hydrogen (secondary N) is 1. The van der Waals surface area contributed by atoms with Gasteiger partial charge in [0.25, 0.3) is 5.91 Å². The highest BCUT2D eigenvalue weighted by molar-refractivity contribution is 5.92. The van der Waals surface area contributed by atoms with Gasteiger partial charge in [-0.05, 0) is 36.6 Å². The van der Waals surface area contributed by atoms with Crippen molar-refractivity contribution in [1.82, 2.24) is 20.1 Å². The van der Waals surface area contributed by atoms with Crippen LogP contribution in [0.3, 0.4) is 0 Å². The van der Waals surface area contributed by atoms with Crippen LogP contribution in [0.2, 0.25) is 0 Å². The third kappa shape index (κ3) is 3.34. The van der Waals surface area contributed by atoms with Gasteiger partial charge in [0.05, 0.1) is 0 Å². The molecule has 1 aliphatic rings. The lowest BCUT2D eigenvalue weighted by atomic mass is 10.3. The van der Waals surface area contributed by atoms with Crippen LogP contribution >= 0.6 is 0 Å². The van der Waals surface area contributed by atoms with Crippen LogP contribution < -0.4 is 5.32 Å². The lowest BCUT2D eigenvalue weighted by molar-refractivity contribution is 0.0786. The number of carbonyl (C=O) groups excluding carboxylic acids is 1. The predicted octanol–water partition coefficient (Wildman–Crippen LogP) is 1.72. The minimum absolute atomic E-state index is 0.0289. The van der Waals surface area contributed by atoms with E-state index in [1.54, 1.807) is 24.5 Å². The second-order valence-electron chi connectivity index (χ2n) is 5.02. The number of amides is 1. The molecule has 0 aromatic carbocycles. The average molecular weight is 283 g/mol. The number of hydrogen-bond donors (Lipinski definition) is 1. The molecular weight excluding hydrogens is 266 g/mol. The summed E-state index contributed by atoms with van der Waals surface area (Å²) in [7, 11) is 0. The van der Waals surface area contributed by atoms with E-state index < -0.39 is 0 Å². The van der Waals surface area contributed by atoms with Crippen molar-refractivity contribution in [3.05, 3.63) is 47.9 Å². The molecule has 2 aromatic rings. The van der Waals surface area contributed by atoms with E-state index in [2.05, 4.69) is 20.5 Å². The third-order valence-corrected chi connectivity index (χ3v) is 3.47. The normalized spacial score (nSPS) is 14.2. The molecule has 6 nitrogen and oxygen atoms in total. The van der Waals surface area contributed by atoms with Gasteiger partial charge >= 0.3 is 0 Å². The smallest absolute Gasteiger partial charge is 0.274 e. The molecule has 1 N–H and O–H groups in total. The number of aromatic nitrogens is 3. The van der Waals surface area contributed by atoms with Crippen LogP contribution in [0, 0.1) is 0 Å². The molecule has 0 atom stereocenters. The first-order valence-electron chi connectivity index (χ1n) is 7.09.